The van der Waals surface area contributed by atoms with Gasteiger partial charge in [-0.2, -0.15) is 0 Å². The quantitative estimate of drug-likeness (QED) is 0.338. The van der Waals surface area contributed by atoms with Crippen LogP contribution >= 0.6 is 0 Å². The van der Waals surface area contributed by atoms with Crippen molar-refractivity contribution in [2.75, 3.05) is 12.4 Å². The van der Waals surface area contributed by atoms with Gasteiger partial charge in [0.25, 0.3) is 0 Å². The van der Waals surface area contributed by atoms with Gasteiger partial charge >= 0.3 is 6.09 Å². The Morgan fingerprint density at radius 1 is 1.05 bits per heavy atom. The van der Waals surface area contributed by atoms with Crippen LogP contribution in [0.1, 0.15) is 32.9 Å². The molecule has 1 aliphatic heterocycles. The maximum atomic E-state index is 15.6. The Kier molecular flexibility index (Phi) is 6.94. The second kappa shape index (κ2) is 10.6. The van der Waals surface area contributed by atoms with E-state index in [1.807, 2.05) is 0 Å². The van der Waals surface area contributed by atoms with E-state index in [1.54, 1.807) is 42.7 Å². The van der Waals surface area contributed by atoms with Gasteiger partial charge in [-0.3, -0.25) is 20.1 Å². The number of fused-ring (bicyclic) bond motifs is 1. The molecule has 0 saturated carbocycles. The molecule has 1 N–H and O–H groups in total. The molecule has 4 aromatic rings. The highest BCUT2D eigenvalue weighted by Gasteiger charge is 2.22. The third-order valence-corrected chi connectivity index (χ3v) is 6.13. The molecule has 10 heteroatoms. The Bertz CT molecular complexity index is 1590. The highest BCUT2D eigenvalue weighted by Crippen LogP contribution is 2.35. The summed E-state index contributed by atoms with van der Waals surface area (Å²) in [5.74, 6) is -1.96. The van der Waals surface area contributed by atoms with Crippen molar-refractivity contribution in [2.24, 2.45) is 4.99 Å². The van der Waals surface area contributed by atoms with Gasteiger partial charge in [0, 0.05) is 54.1 Å². The number of nitrogens with one attached hydrogen (secondary N) is 1. The van der Waals surface area contributed by atoms with Crippen LogP contribution in [0.4, 0.5) is 25.0 Å². The molecule has 0 spiro atoms. The predicted molar refractivity (Wildman–Crippen MR) is 137 cm³/mol. The molecule has 3 heterocycles. The Morgan fingerprint density at radius 3 is 2.76 bits per heavy atom. The summed E-state index contributed by atoms with van der Waals surface area (Å²) in [5, 5.41) is 2.48. The van der Waals surface area contributed by atoms with Crippen LogP contribution in [0.2, 0.25) is 0 Å². The van der Waals surface area contributed by atoms with Crippen molar-refractivity contribution in [3.8, 4) is 11.3 Å². The number of ketones is 1. The molecule has 2 aromatic heterocycles. The van der Waals surface area contributed by atoms with Gasteiger partial charge in [0.2, 0.25) is 0 Å². The lowest BCUT2D eigenvalue weighted by molar-refractivity contribution is 0.0991. The summed E-state index contributed by atoms with van der Waals surface area (Å²) in [4.78, 5) is 41.7. The number of benzene rings is 2. The summed E-state index contributed by atoms with van der Waals surface area (Å²) in [6.45, 7) is 0. The van der Waals surface area contributed by atoms with E-state index in [9.17, 15) is 14.0 Å². The Balaban J connectivity index is 1.43. The highest BCUT2D eigenvalue weighted by atomic mass is 19.1. The topological polar surface area (TPSA) is 106 Å². The van der Waals surface area contributed by atoms with Crippen molar-refractivity contribution in [1.29, 1.82) is 0 Å². The number of hydrogen-bond acceptors (Lipinski definition) is 7. The highest BCUT2D eigenvalue weighted by molar-refractivity contribution is 5.99. The first-order valence-electron chi connectivity index (χ1n) is 11.7. The molecule has 190 valence electrons. The zero-order chi connectivity index (χ0) is 26.6. The number of hydrogen-bond donors (Lipinski definition) is 1. The van der Waals surface area contributed by atoms with Crippen LogP contribution in [-0.4, -0.2) is 40.2 Å². The minimum Gasteiger partial charge on any atom is -0.453 e. The van der Waals surface area contributed by atoms with E-state index in [1.165, 1.54) is 25.6 Å². The molecule has 5 rings (SSSR count). The van der Waals surface area contributed by atoms with E-state index in [2.05, 4.69) is 30.0 Å². The number of aromatic nitrogens is 3. The van der Waals surface area contributed by atoms with Crippen LogP contribution in [-0.2, 0) is 24.0 Å². The van der Waals surface area contributed by atoms with Crippen LogP contribution < -0.4 is 5.32 Å². The molecule has 0 atom stereocenters. The normalized spacial score (nSPS) is 11.8. The average Bonchev–Trinajstić information content (AvgIpc) is 3.42. The van der Waals surface area contributed by atoms with Gasteiger partial charge in [0.05, 0.1) is 18.5 Å². The molecule has 8 nitrogen and oxygen atoms in total. The smallest absolute Gasteiger partial charge is 0.411 e. The summed E-state index contributed by atoms with van der Waals surface area (Å²) in [6, 6.07) is 12.1. The van der Waals surface area contributed by atoms with Gasteiger partial charge in [-0.25, -0.2) is 23.5 Å². The van der Waals surface area contributed by atoms with Crippen LogP contribution in [0.5, 0.6) is 0 Å². The minimum absolute atomic E-state index is 0.0442. The largest absolute Gasteiger partial charge is 0.453 e. The Labute approximate surface area is 216 Å². The predicted octanol–water partition coefficient (Wildman–Crippen LogP) is 5.27. The number of anilines is 1. The monoisotopic (exact) mass is 513 g/mol. The van der Waals surface area contributed by atoms with Crippen LogP contribution in [0, 0.1) is 11.6 Å². The Morgan fingerprint density at radius 2 is 1.92 bits per heavy atom. The van der Waals surface area contributed by atoms with E-state index in [0.29, 0.717) is 34.7 Å². The molecule has 38 heavy (non-hydrogen) atoms. The van der Waals surface area contributed by atoms with Gasteiger partial charge in [0.15, 0.2) is 5.78 Å². The van der Waals surface area contributed by atoms with Gasteiger partial charge in [-0.1, -0.05) is 18.2 Å². The zero-order valence-electron chi connectivity index (χ0n) is 20.2. The van der Waals surface area contributed by atoms with Crippen LogP contribution in [0.25, 0.3) is 11.3 Å². The number of ether oxygens (including phenoxy) is 1. The first kappa shape index (κ1) is 24.8. The summed E-state index contributed by atoms with van der Waals surface area (Å²) in [7, 11) is 1.22. The fourth-order valence-electron chi connectivity index (χ4n) is 4.24. The van der Waals surface area contributed by atoms with E-state index < -0.39 is 23.5 Å². The molecular weight excluding hydrogens is 492 g/mol. The van der Waals surface area contributed by atoms with E-state index in [0.717, 1.165) is 11.8 Å². The minimum atomic E-state index is -0.815. The number of nitrogens with zero attached hydrogens (tertiary/aromatic N) is 4. The lowest BCUT2D eigenvalue weighted by Crippen LogP contribution is -2.12. The van der Waals surface area contributed by atoms with Crippen molar-refractivity contribution in [3.63, 3.8) is 0 Å². The number of halogens is 2. The molecule has 0 unspecified atom stereocenters. The molecule has 0 bridgehead atoms. The van der Waals surface area contributed by atoms with E-state index >= 15 is 4.39 Å². The molecule has 1 aliphatic rings. The molecular formula is C28H21F2N5O3. The number of rotatable bonds is 7. The summed E-state index contributed by atoms with van der Waals surface area (Å²) in [6.07, 6.45) is 4.16. The molecule has 0 saturated heterocycles. The van der Waals surface area contributed by atoms with Crippen molar-refractivity contribution in [3.05, 3.63) is 101 Å². The third kappa shape index (κ3) is 5.01. The van der Waals surface area contributed by atoms with Crippen molar-refractivity contribution in [2.45, 2.75) is 19.3 Å². The van der Waals surface area contributed by atoms with E-state index in [-0.39, 0.29) is 29.5 Å². The van der Waals surface area contributed by atoms with Crippen molar-refractivity contribution in [1.82, 2.24) is 15.0 Å². The number of methoxy groups -OCH3 is 1. The van der Waals surface area contributed by atoms with Crippen molar-refractivity contribution >= 4 is 29.5 Å². The lowest BCUT2D eigenvalue weighted by atomic mass is 9.96. The number of aliphatic imine (C=N–C) groups is 1. The Hall–Kier alpha value is -4.86. The van der Waals surface area contributed by atoms with Gasteiger partial charge < -0.3 is 4.74 Å². The van der Waals surface area contributed by atoms with Gasteiger partial charge in [0.1, 0.15) is 29.3 Å². The van der Waals surface area contributed by atoms with Gasteiger partial charge in [-0.05, 0) is 35.9 Å². The number of pyridine rings is 1. The summed E-state index contributed by atoms with van der Waals surface area (Å²) >= 11 is 0. The number of carbonyl (C=O) groups is 2. The molecule has 0 fully saturated rings. The molecule has 2 aromatic carbocycles. The standard InChI is InChI=1S/C28H21F2N5O3/c1-38-28(37)35-18-5-2-4-16(12-18)24(36)13-17-7-8-21(29)20(25(17)30)14-23-19(6-3-10-31-23)26-27-22(9-11-32-27)33-15-34-26/h2-8,10-12,15H,9,13-14H2,1H3,(H,35,37). The van der Waals surface area contributed by atoms with Crippen LogP contribution in [0.15, 0.2) is 66.0 Å². The summed E-state index contributed by atoms with van der Waals surface area (Å²) in [5.41, 5.74) is 3.39. The molecule has 1 amide bonds. The average molecular weight is 514 g/mol. The fraction of sp³-hybridized carbons (Fsp3) is 0.143. The molecule has 0 aliphatic carbocycles. The zero-order valence-corrected chi connectivity index (χ0v) is 20.2. The maximum Gasteiger partial charge on any atom is 0.411 e. The maximum absolute atomic E-state index is 15.6. The lowest BCUT2D eigenvalue weighted by Gasteiger charge is -2.13. The third-order valence-electron chi connectivity index (χ3n) is 6.13. The first-order valence-corrected chi connectivity index (χ1v) is 11.7. The first-order chi connectivity index (χ1) is 18.4. The van der Waals surface area contributed by atoms with Crippen molar-refractivity contribution < 1.29 is 23.1 Å². The number of Topliss-reactive ketones (excluding diaryl/α,β-unsaturated/α-hetero) is 1. The molecule has 0 radical (unpaired) electrons. The summed E-state index contributed by atoms with van der Waals surface area (Å²) < 4.78 is 35.0. The van der Waals surface area contributed by atoms with Crippen LogP contribution in [0.3, 0.4) is 0 Å². The SMILES string of the molecule is COC(=O)Nc1cccc(C(=O)Cc2ccc(F)c(Cc3ncccc3-c3ncnc4c3N=CC4)c2F)c1. The number of carbonyl (C=O) groups excluding carboxylic acids is 2. The second-order valence-corrected chi connectivity index (χ2v) is 8.50. The number of amides is 1. The van der Waals surface area contributed by atoms with E-state index in [4.69, 9.17) is 0 Å². The van der Waals surface area contributed by atoms with Gasteiger partial charge in [-0.15, -0.1) is 0 Å². The fourth-order valence-corrected chi connectivity index (χ4v) is 4.24. The second-order valence-electron chi connectivity index (χ2n) is 8.50.